The van der Waals surface area contributed by atoms with Gasteiger partial charge >= 0.3 is 0 Å². The van der Waals surface area contributed by atoms with E-state index in [1.807, 2.05) is 55.5 Å². The summed E-state index contributed by atoms with van der Waals surface area (Å²) in [5.74, 6) is 1.64. The Hall–Kier alpha value is -2.14. The zero-order valence-corrected chi connectivity index (χ0v) is 14.4. The van der Waals surface area contributed by atoms with Crippen LogP contribution in [0.3, 0.4) is 0 Å². The number of carbonyl (C=O) groups excluding carboxylic acids is 1. The molecule has 4 nitrogen and oxygen atoms in total. The lowest BCUT2D eigenvalue weighted by Crippen LogP contribution is -2.30. The molecule has 5 heteroatoms. The van der Waals surface area contributed by atoms with Gasteiger partial charge in [-0.05, 0) is 48.9 Å². The third-order valence-electron chi connectivity index (χ3n) is 3.37. The number of amides is 1. The lowest BCUT2D eigenvalue weighted by atomic mass is 10.2. The van der Waals surface area contributed by atoms with Gasteiger partial charge in [-0.15, -0.1) is 11.8 Å². The molecule has 0 aromatic heterocycles. The maximum absolute atomic E-state index is 12.2. The van der Waals surface area contributed by atoms with Crippen molar-refractivity contribution in [3.05, 3.63) is 54.1 Å². The lowest BCUT2D eigenvalue weighted by molar-refractivity contribution is -0.120. The largest absolute Gasteiger partial charge is 0.497 e. The summed E-state index contributed by atoms with van der Waals surface area (Å²) in [7, 11) is 3.27. The van der Waals surface area contributed by atoms with Gasteiger partial charge in [-0.1, -0.05) is 12.1 Å². The molecule has 0 fully saturated rings. The molecule has 1 amide bonds. The number of ether oxygens (including phenoxy) is 2. The summed E-state index contributed by atoms with van der Waals surface area (Å²) in [6.45, 7) is 2.41. The quantitative estimate of drug-likeness (QED) is 0.789. The molecule has 0 spiro atoms. The zero-order chi connectivity index (χ0) is 16.7. The summed E-state index contributed by atoms with van der Waals surface area (Å²) in [4.78, 5) is 13.2. The smallest absolute Gasteiger partial charge is 0.233 e. The maximum atomic E-state index is 12.2. The second-order valence-electron chi connectivity index (χ2n) is 5.00. The van der Waals surface area contributed by atoms with Crippen LogP contribution < -0.4 is 14.8 Å². The lowest BCUT2D eigenvalue weighted by Gasteiger charge is -2.12. The molecule has 0 saturated carbocycles. The molecule has 0 heterocycles. The van der Waals surface area contributed by atoms with Gasteiger partial charge < -0.3 is 14.8 Å². The van der Waals surface area contributed by atoms with Gasteiger partial charge in [0.1, 0.15) is 11.5 Å². The standard InChI is InChI=1S/C18H21NO3S/c1-13(23-17-10-8-16(22-3)9-11-17)18(20)19-12-14-4-6-15(21-2)7-5-14/h4-11,13H,12H2,1-3H3,(H,19,20)/t13-/m1/s1. The third kappa shape index (κ3) is 5.21. The SMILES string of the molecule is COc1ccc(CNC(=O)[C@@H](C)Sc2ccc(OC)cc2)cc1. The number of hydrogen-bond donors (Lipinski definition) is 1. The molecule has 2 aromatic carbocycles. The number of methoxy groups -OCH3 is 2. The molecule has 0 saturated heterocycles. The Morgan fingerprint density at radius 2 is 1.52 bits per heavy atom. The van der Waals surface area contributed by atoms with Gasteiger partial charge in [-0.2, -0.15) is 0 Å². The van der Waals surface area contributed by atoms with E-state index in [4.69, 9.17) is 9.47 Å². The van der Waals surface area contributed by atoms with E-state index in [9.17, 15) is 4.79 Å². The topological polar surface area (TPSA) is 47.6 Å². The van der Waals surface area contributed by atoms with Crippen LogP contribution in [0.15, 0.2) is 53.4 Å². The molecule has 0 radical (unpaired) electrons. The summed E-state index contributed by atoms with van der Waals surface area (Å²) in [6.07, 6.45) is 0. The van der Waals surface area contributed by atoms with Crippen molar-refractivity contribution in [1.82, 2.24) is 5.32 Å². The predicted octanol–water partition coefficient (Wildman–Crippen LogP) is 3.50. The number of carbonyl (C=O) groups is 1. The average Bonchev–Trinajstić information content (AvgIpc) is 2.60. The van der Waals surface area contributed by atoms with Crippen molar-refractivity contribution in [3.8, 4) is 11.5 Å². The van der Waals surface area contributed by atoms with E-state index in [0.717, 1.165) is 22.0 Å². The number of thioether (sulfide) groups is 1. The highest BCUT2D eigenvalue weighted by Crippen LogP contribution is 2.25. The van der Waals surface area contributed by atoms with Crippen LogP contribution in [0.2, 0.25) is 0 Å². The van der Waals surface area contributed by atoms with Crippen LogP contribution in [0.4, 0.5) is 0 Å². The molecule has 23 heavy (non-hydrogen) atoms. The maximum Gasteiger partial charge on any atom is 0.233 e. The number of nitrogens with one attached hydrogen (secondary N) is 1. The molecule has 122 valence electrons. The van der Waals surface area contributed by atoms with Gasteiger partial charge in [0.2, 0.25) is 5.91 Å². The number of benzene rings is 2. The zero-order valence-electron chi connectivity index (χ0n) is 13.5. The van der Waals surface area contributed by atoms with Crippen LogP contribution in [0.1, 0.15) is 12.5 Å². The predicted molar refractivity (Wildman–Crippen MR) is 93.2 cm³/mol. The normalized spacial score (nSPS) is 11.6. The van der Waals surface area contributed by atoms with E-state index in [0.29, 0.717) is 6.54 Å². The Bertz CT molecular complexity index is 626. The van der Waals surface area contributed by atoms with E-state index in [1.165, 1.54) is 11.8 Å². The van der Waals surface area contributed by atoms with Crippen molar-refractivity contribution in [2.75, 3.05) is 14.2 Å². The van der Waals surface area contributed by atoms with Crippen molar-refractivity contribution < 1.29 is 14.3 Å². The molecule has 1 N–H and O–H groups in total. The van der Waals surface area contributed by atoms with Gasteiger partial charge in [0, 0.05) is 11.4 Å². The van der Waals surface area contributed by atoms with Crippen LogP contribution in [0.25, 0.3) is 0 Å². The van der Waals surface area contributed by atoms with Gasteiger partial charge in [-0.25, -0.2) is 0 Å². The minimum atomic E-state index is -0.165. The Morgan fingerprint density at radius 1 is 1.00 bits per heavy atom. The Balaban J connectivity index is 1.83. The molecule has 2 aromatic rings. The molecule has 0 aliphatic carbocycles. The summed E-state index contributed by atoms with van der Waals surface area (Å²) >= 11 is 1.52. The summed E-state index contributed by atoms with van der Waals surface area (Å²) in [6, 6.07) is 15.4. The van der Waals surface area contributed by atoms with Crippen LogP contribution in [-0.4, -0.2) is 25.4 Å². The molecule has 0 aliphatic rings. The molecule has 2 rings (SSSR count). The van der Waals surface area contributed by atoms with E-state index < -0.39 is 0 Å². The number of hydrogen-bond acceptors (Lipinski definition) is 4. The van der Waals surface area contributed by atoms with Crippen molar-refractivity contribution >= 4 is 17.7 Å². The first kappa shape index (κ1) is 17.2. The van der Waals surface area contributed by atoms with Gasteiger partial charge in [0.05, 0.1) is 19.5 Å². The van der Waals surface area contributed by atoms with Crippen molar-refractivity contribution in [3.63, 3.8) is 0 Å². The molecular weight excluding hydrogens is 310 g/mol. The van der Waals surface area contributed by atoms with Crippen LogP contribution in [0.5, 0.6) is 11.5 Å². The second kappa shape index (κ2) is 8.48. The monoisotopic (exact) mass is 331 g/mol. The van der Waals surface area contributed by atoms with E-state index in [-0.39, 0.29) is 11.2 Å². The number of rotatable bonds is 7. The Morgan fingerprint density at radius 3 is 2.04 bits per heavy atom. The van der Waals surface area contributed by atoms with Crippen LogP contribution >= 0.6 is 11.8 Å². The average molecular weight is 331 g/mol. The minimum absolute atomic E-state index is 0.0154. The molecule has 1 atom stereocenters. The van der Waals surface area contributed by atoms with Crippen molar-refractivity contribution in [2.45, 2.75) is 23.6 Å². The summed E-state index contributed by atoms with van der Waals surface area (Å²) in [5, 5.41) is 2.79. The fraction of sp³-hybridized carbons (Fsp3) is 0.278. The minimum Gasteiger partial charge on any atom is -0.497 e. The van der Waals surface area contributed by atoms with Crippen molar-refractivity contribution in [2.24, 2.45) is 0 Å². The van der Waals surface area contributed by atoms with Gasteiger partial charge in [0.15, 0.2) is 0 Å². The Labute approximate surface area is 141 Å². The van der Waals surface area contributed by atoms with Crippen LogP contribution in [-0.2, 0) is 11.3 Å². The van der Waals surface area contributed by atoms with Crippen molar-refractivity contribution in [1.29, 1.82) is 0 Å². The fourth-order valence-corrected chi connectivity index (χ4v) is 2.88. The highest BCUT2D eigenvalue weighted by atomic mass is 32.2. The third-order valence-corrected chi connectivity index (χ3v) is 4.48. The van der Waals surface area contributed by atoms with E-state index in [1.54, 1.807) is 14.2 Å². The molecule has 0 aliphatic heterocycles. The highest BCUT2D eigenvalue weighted by Gasteiger charge is 2.14. The summed E-state index contributed by atoms with van der Waals surface area (Å²) < 4.78 is 10.2. The highest BCUT2D eigenvalue weighted by molar-refractivity contribution is 8.00. The first-order valence-corrected chi connectivity index (χ1v) is 8.21. The van der Waals surface area contributed by atoms with E-state index >= 15 is 0 Å². The fourth-order valence-electron chi connectivity index (χ4n) is 1.99. The molecule has 0 bridgehead atoms. The summed E-state index contributed by atoms with van der Waals surface area (Å²) in [5.41, 5.74) is 1.04. The first-order chi connectivity index (χ1) is 11.1. The molecule has 0 unspecified atom stereocenters. The van der Waals surface area contributed by atoms with Gasteiger partial charge in [0.25, 0.3) is 0 Å². The molecular formula is C18H21NO3S. The Kier molecular flexibility index (Phi) is 6.35. The van der Waals surface area contributed by atoms with Crippen LogP contribution in [0, 0.1) is 0 Å². The first-order valence-electron chi connectivity index (χ1n) is 7.33. The second-order valence-corrected chi connectivity index (χ2v) is 6.42. The van der Waals surface area contributed by atoms with E-state index in [2.05, 4.69) is 5.32 Å². The van der Waals surface area contributed by atoms with Gasteiger partial charge in [-0.3, -0.25) is 4.79 Å².